The quantitative estimate of drug-likeness (QED) is 0.481. The Morgan fingerprint density at radius 2 is 1.97 bits per heavy atom. The number of nitrogens with zero attached hydrogens (tertiary/aromatic N) is 4. The predicted molar refractivity (Wildman–Crippen MR) is 108 cm³/mol. The lowest BCUT2D eigenvalue weighted by Crippen LogP contribution is -2.22. The molecule has 0 spiro atoms. The highest BCUT2D eigenvalue weighted by molar-refractivity contribution is 7.15. The van der Waals surface area contributed by atoms with Crippen LogP contribution in [0.3, 0.4) is 0 Å². The second-order valence-electron chi connectivity index (χ2n) is 6.20. The normalized spacial score (nSPS) is 10.9. The number of benzene rings is 1. The van der Waals surface area contributed by atoms with Crippen molar-refractivity contribution in [1.29, 1.82) is 0 Å². The number of thiophene rings is 1. The van der Waals surface area contributed by atoms with Gasteiger partial charge in [-0.05, 0) is 37.3 Å². The monoisotopic (exact) mass is 410 g/mol. The summed E-state index contributed by atoms with van der Waals surface area (Å²) in [5, 5.41) is 8.45. The van der Waals surface area contributed by atoms with Crippen LogP contribution in [0, 0.1) is 6.92 Å². The van der Waals surface area contributed by atoms with Gasteiger partial charge in [0.15, 0.2) is 0 Å². The lowest BCUT2D eigenvalue weighted by Gasteiger charge is -2.07. The summed E-state index contributed by atoms with van der Waals surface area (Å²) in [6.07, 6.45) is 0. The summed E-state index contributed by atoms with van der Waals surface area (Å²) < 4.78 is 17.2. The van der Waals surface area contributed by atoms with Gasteiger partial charge in [-0.2, -0.15) is 10.1 Å². The Kier molecular flexibility index (Phi) is 5.13. The summed E-state index contributed by atoms with van der Waals surface area (Å²) in [6.45, 7) is 2.10. The van der Waals surface area contributed by atoms with E-state index in [0.717, 1.165) is 10.6 Å². The molecule has 0 aliphatic carbocycles. The minimum Gasteiger partial charge on any atom is -0.497 e. The smallest absolute Gasteiger partial charge is 0.267 e. The molecule has 0 atom stereocenters. The van der Waals surface area contributed by atoms with Crippen LogP contribution in [-0.4, -0.2) is 34.1 Å². The molecule has 29 heavy (non-hydrogen) atoms. The first kappa shape index (κ1) is 18.9. The summed E-state index contributed by atoms with van der Waals surface area (Å²) in [5.41, 5.74) is 1.13. The molecule has 0 unspecified atom stereocenters. The van der Waals surface area contributed by atoms with Gasteiger partial charge in [-0.25, -0.2) is 4.68 Å². The molecular formula is C20H18N4O4S. The molecule has 8 nitrogen and oxygen atoms in total. The lowest BCUT2D eigenvalue weighted by molar-refractivity contribution is 0.363. The molecule has 4 aromatic rings. The van der Waals surface area contributed by atoms with Crippen molar-refractivity contribution >= 4 is 11.3 Å². The third kappa shape index (κ3) is 3.90. The van der Waals surface area contributed by atoms with Crippen LogP contribution in [0.2, 0.25) is 0 Å². The zero-order valence-corrected chi connectivity index (χ0v) is 16.9. The summed E-state index contributed by atoms with van der Waals surface area (Å²) in [7, 11) is 3.14. The van der Waals surface area contributed by atoms with E-state index in [0.29, 0.717) is 22.9 Å². The number of rotatable bonds is 6. The number of aromatic nitrogens is 4. The molecule has 3 heterocycles. The fourth-order valence-corrected chi connectivity index (χ4v) is 3.64. The largest absolute Gasteiger partial charge is 0.497 e. The summed E-state index contributed by atoms with van der Waals surface area (Å²) >= 11 is 1.62. The van der Waals surface area contributed by atoms with Crippen molar-refractivity contribution in [2.24, 2.45) is 0 Å². The first-order chi connectivity index (χ1) is 14.1. The van der Waals surface area contributed by atoms with E-state index in [4.69, 9.17) is 14.0 Å². The van der Waals surface area contributed by atoms with E-state index in [1.54, 1.807) is 49.8 Å². The standard InChI is InChI=1S/C20H18N4O4S/c1-12-4-8-17(29-12)15-7-9-19(25)24(22-15)11-18-21-20(23-28-18)14-6-5-13(26-2)10-16(14)27-3/h4-10H,11H2,1-3H3. The van der Waals surface area contributed by atoms with Crippen LogP contribution in [0.1, 0.15) is 10.8 Å². The van der Waals surface area contributed by atoms with Crippen LogP contribution in [0.5, 0.6) is 11.5 Å². The number of methoxy groups -OCH3 is 2. The SMILES string of the molecule is COc1ccc(-c2noc(Cn3nc(-c4ccc(C)s4)ccc3=O)n2)c(OC)c1. The predicted octanol–water partition coefficient (Wildman–Crippen LogP) is 3.40. The van der Waals surface area contributed by atoms with E-state index in [9.17, 15) is 4.79 Å². The first-order valence-corrected chi connectivity index (χ1v) is 9.59. The summed E-state index contributed by atoms with van der Waals surface area (Å²) in [6, 6.07) is 12.5. The van der Waals surface area contributed by atoms with Crippen LogP contribution >= 0.6 is 11.3 Å². The molecule has 0 aliphatic rings. The molecule has 0 fully saturated rings. The number of ether oxygens (including phenoxy) is 2. The topological polar surface area (TPSA) is 92.3 Å². The molecule has 9 heteroatoms. The van der Waals surface area contributed by atoms with Crippen LogP contribution in [-0.2, 0) is 6.54 Å². The number of aryl methyl sites for hydroxylation is 1. The fraction of sp³-hybridized carbons (Fsp3) is 0.200. The Bertz CT molecular complexity index is 1210. The number of hydrogen-bond donors (Lipinski definition) is 0. The minimum atomic E-state index is -0.246. The van der Waals surface area contributed by atoms with Gasteiger partial charge in [-0.1, -0.05) is 5.16 Å². The summed E-state index contributed by atoms with van der Waals surface area (Å²) in [4.78, 5) is 18.8. The zero-order chi connectivity index (χ0) is 20.4. The first-order valence-electron chi connectivity index (χ1n) is 8.77. The molecule has 0 aliphatic heterocycles. The van der Waals surface area contributed by atoms with Crippen LogP contribution in [0.4, 0.5) is 0 Å². The van der Waals surface area contributed by atoms with Gasteiger partial charge in [0.25, 0.3) is 5.56 Å². The Balaban J connectivity index is 1.62. The van der Waals surface area contributed by atoms with Gasteiger partial charge in [-0.15, -0.1) is 11.3 Å². The van der Waals surface area contributed by atoms with Crippen molar-refractivity contribution in [3.05, 3.63) is 63.6 Å². The van der Waals surface area contributed by atoms with Gasteiger partial charge in [0, 0.05) is 17.0 Å². The zero-order valence-electron chi connectivity index (χ0n) is 16.1. The maximum atomic E-state index is 12.2. The highest BCUT2D eigenvalue weighted by Crippen LogP contribution is 2.31. The highest BCUT2D eigenvalue weighted by atomic mass is 32.1. The fourth-order valence-electron chi connectivity index (χ4n) is 2.81. The molecule has 0 N–H and O–H groups in total. The van der Waals surface area contributed by atoms with Gasteiger partial charge in [0.2, 0.25) is 11.7 Å². The van der Waals surface area contributed by atoms with Gasteiger partial charge in [0.1, 0.15) is 23.7 Å². The Morgan fingerprint density at radius 1 is 1.10 bits per heavy atom. The van der Waals surface area contributed by atoms with Gasteiger partial charge in [0.05, 0.1) is 24.7 Å². The molecule has 0 radical (unpaired) electrons. The molecule has 148 valence electrons. The van der Waals surface area contributed by atoms with Gasteiger partial charge in [-0.3, -0.25) is 4.79 Å². The van der Waals surface area contributed by atoms with E-state index in [2.05, 4.69) is 15.2 Å². The van der Waals surface area contributed by atoms with Crippen molar-refractivity contribution in [3.8, 4) is 33.5 Å². The molecular weight excluding hydrogens is 392 g/mol. The molecule has 0 saturated heterocycles. The molecule has 0 amide bonds. The van der Waals surface area contributed by atoms with Gasteiger partial charge >= 0.3 is 0 Å². The van der Waals surface area contributed by atoms with E-state index in [1.165, 1.54) is 15.6 Å². The molecule has 0 saturated carbocycles. The Hall–Kier alpha value is -3.46. The lowest BCUT2D eigenvalue weighted by atomic mass is 10.2. The van der Waals surface area contributed by atoms with Gasteiger partial charge < -0.3 is 14.0 Å². The van der Waals surface area contributed by atoms with Crippen LogP contribution in [0.25, 0.3) is 22.0 Å². The van der Waals surface area contributed by atoms with Crippen molar-refractivity contribution in [2.75, 3.05) is 14.2 Å². The molecule has 1 aromatic carbocycles. The third-order valence-electron chi connectivity index (χ3n) is 4.26. The molecule has 0 bridgehead atoms. The van der Waals surface area contributed by atoms with Crippen molar-refractivity contribution in [3.63, 3.8) is 0 Å². The van der Waals surface area contributed by atoms with E-state index >= 15 is 0 Å². The third-order valence-corrected chi connectivity index (χ3v) is 5.29. The van der Waals surface area contributed by atoms with Crippen molar-refractivity contribution < 1.29 is 14.0 Å². The maximum Gasteiger partial charge on any atom is 0.267 e. The molecule has 3 aromatic heterocycles. The Labute approximate surface area is 170 Å². The molecule has 4 rings (SSSR count). The second kappa shape index (κ2) is 7.88. The van der Waals surface area contributed by atoms with Crippen LogP contribution in [0.15, 0.2) is 51.8 Å². The maximum absolute atomic E-state index is 12.2. The van der Waals surface area contributed by atoms with E-state index in [-0.39, 0.29) is 18.0 Å². The summed E-state index contributed by atoms with van der Waals surface area (Å²) in [5.74, 6) is 1.84. The van der Waals surface area contributed by atoms with Crippen molar-refractivity contribution in [1.82, 2.24) is 19.9 Å². The average Bonchev–Trinajstić information content (AvgIpc) is 3.38. The highest BCUT2D eigenvalue weighted by Gasteiger charge is 2.16. The van der Waals surface area contributed by atoms with Crippen molar-refractivity contribution in [2.45, 2.75) is 13.5 Å². The van der Waals surface area contributed by atoms with E-state index in [1.807, 2.05) is 19.1 Å². The number of hydrogen-bond acceptors (Lipinski definition) is 8. The van der Waals surface area contributed by atoms with E-state index < -0.39 is 0 Å². The average molecular weight is 410 g/mol. The Morgan fingerprint density at radius 3 is 2.69 bits per heavy atom. The minimum absolute atomic E-state index is 0.0719. The van der Waals surface area contributed by atoms with Crippen LogP contribution < -0.4 is 15.0 Å². The second-order valence-corrected chi connectivity index (χ2v) is 7.49.